The zero-order valence-electron chi connectivity index (χ0n) is 16.7. The molecule has 1 spiro atoms. The molecule has 2 N–H and O–H groups in total. The van der Waals surface area contributed by atoms with E-state index in [-0.39, 0.29) is 6.10 Å². The van der Waals surface area contributed by atoms with Gasteiger partial charge in [-0.15, -0.1) is 0 Å². The quantitative estimate of drug-likeness (QED) is 0.580. The van der Waals surface area contributed by atoms with E-state index in [0.717, 1.165) is 57.3 Å². The molecule has 5 rings (SSSR count). The normalized spacial score (nSPS) is 33.8. The molecule has 3 heterocycles. The first-order chi connectivity index (χ1) is 13.9. The van der Waals surface area contributed by atoms with Crippen LogP contribution in [0.15, 0.2) is 27.8 Å². The first-order valence-corrected chi connectivity index (χ1v) is 11.2. The average molecular weight is 388 g/mol. The number of nitrogens with zero attached hydrogens (tertiary/aromatic N) is 1. The molecule has 2 saturated heterocycles. The molecule has 4 fully saturated rings. The van der Waals surface area contributed by atoms with Crippen molar-refractivity contribution < 1.29 is 13.9 Å². The number of hydrogen-bond donors (Lipinski definition) is 2. The van der Waals surface area contributed by atoms with Gasteiger partial charge in [-0.05, 0) is 44.2 Å². The van der Waals surface area contributed by atoms with Gasteiger partial charge in [-0.3, -0.25) is 4.99 Å². The highest BCUT2D eigenvalue weighted by Crippen LogP contribution is 2.60. The number of aliphatic imine (C=N–C) groups is 1. The van der Waals surface area contributed by atoms with Crippen LogP contribution in [0, 0.1) is 11.3 Å². The third kappa shape index (κ3) is 3.45. The summed E-state index contributed by atoms with van der Waals surface area (Å²) in [6, 6.07) is 4.46. The maximum atomic E-state index is 6.14. The van der Waals surface area contributed by atoms with E-state index in [9.17, 15) is 0 Å². The summed E-state index contributed by atoms with van der Waals surface area (Å²) in [4.78, 5) is 4.91. The summed E-state index contributed by atoms with van der Waals surface area (Å²) in [6.45, 7) is 3.35. The molecule has 1 aromatic rings. The van der Waals surface area contributed by atoms with Crippen LogP contribution in [0.25, 0.3) is 0 Å². The molecule has 4 atom stereocenters. The van der Waals surface area contributed by atoms with Crippen molar-refractivity contribution in [1.82, 2.24) is 10.6 Å². The maximum absolute atomic E-state index is 6.14. The van der Waals surface area contributed by atoms with Gasteiger partial charge in [0.05, 0.1) is 25.0 Å². The third-order valence-corrected chi connectivity index (χ3v) is 7.30. The summed E-state index contributed by atoms with van der Waals surface area (Å²) >= 11 is 0. The lowest BCUT2D eigenvalue weighted by Crippen LogP contribution is -2.69. The van der Waals surface area contributed by atoms with Gasteiger partial charge < -0.3 is 24.5 Å². The Morgan fingerprint density at radius 3 is 2.86 bits per heavy atom. The van der Waals surface area contributed by atoms with E-state index in [4.69, 9.17) is 18.9 Å². The maximum Gasteiger partial charge on any atom is 0.191 e. The molecule has 0 amide bonds. The van der Waals surface area contributed by atoms with Gasteiger partial charge >= 0.3 is 0 Å². The fourth-order valence-corrected chi connectivity index (χ4v) is 5.94. The summed E-state index contributed by atoms with van der Waals surface area (Å²) in [5, 5.41) is 7.38. The van der Waals surface area contributed by atoms with Crippen molar-refractivity contribution in [3.8, 4) is 0 Å². The van der Waals surface area contributed by atoms with Crippen LogP contribution in [0.2, 0.25) is 0 Å². The van der Waals surface area contributed by atoms with E-state index in [1.807, 2.05) is 12.1 Å². The van der Waals surface area contributed by atoms with E-state index in [1.54, 1.807) is 6.26 Å². The van der Waals surface area contributed by atoms with Crippen molar-refractivity contribution in [2.24, 2.45) is 16.3 Å². The van der Waals surface area contributed by atoms with E-state index in [0.29, 0.717) is 23.5 Å². The number of furan rings is 1. The van der Waals surface area contributed by atoms with Gasteiger partial charge in [0.2, 0.25) is 0 Å². The highest BCUT2D eigenvalue weighted by atomic mass is 16.5. The van der Waals surface area contributed by atoms with Crippen LogP contribution in [0.4, 0.5) is 0 Å². The zero-order chi connectivity index (χ0) is 18.8. The Labute approximate surface area is 167 Å². The fourth-order valence-electron chi connectivity index (χ4n) is 5.94. The van der Waals surface area contributed by atoms with Gasteiger partial charge in [-0.2, -0.15) is 0 Å². The topological polar surface area (TPSA) is 68.0 Å². The predicted molar refractivity (Wildman–Crippen MR) is 107 cm³/mol. The molecular weight excluding hydrogens is 354 g/mol. The number of hydrogen-bond acceptors (Lipinski definition) is 4. The standard InChI is InChI=1S/C22H33N3O3/c1-2-10-22(9-1)19(18-8-14-28-20(18)22)25-21(24-15-17-6-4-13-27-17)23-11-7-16-5-3-12-26-16/h3,5,12,17-20H,1-2,4,6-11,13-15H2,(H2,23,24,25). The third-order valence-electron chi connectivity index (χ3n) is 7.30. The number of nitrogens with one attached hydrogen (secondary N) is 2. The van der Waals surface area contributed by atoms with E-state index < -0.39 is 0 Å². The molecule has 154 valence electrons. The Morgan fingerprint density at radius 1 is 1.14 bits per heavy atom. The van der Waals surface area contributed by atoms with Crippen LogP contribution in [0.1, 0.15) is 50.7 Å². The molecule has 4 unspecified atom stereocenters. The van der Waals surface area contributed by atoms with Crippen molar-refractivity contribution in [3.05, 3.63) is 24.2 Å². The number of fused-ring (bicyclic) bond motifs is 2. The Bertz CT molecular complexity index is 663. The highest BCUT2D eigenvalue weighted by Gasteiger charge is 2.65. The molecule has 2 aliphatic heterocycles. The van der Waals surface area contributed by atoms with Gasteiger partial charge in [0.15, 0.2) is 5.96 Å². The molecule has 0 aromatic carbocycles. The monoisotopic (exact) mass is 387 g/mol. The van der Waals surface area contributed by atoms with Crippen LogP contribution in [-0.2, 0) is 15.9 Å². The Balaban J connectivity index is 1.25. The first kappa shape index (κ1) is 18.5. The SMILES string of the molecule is c1coc(CCNC(=NCC2CCCO2)NC2C3CCOC3C23CCCC3)c1. The Morgan fingerprint density at radius 2 is 2.07 bits per heavy atom. The number of guanidine groups is 1. The van der Waals surface area contributed by atoms with Gasteiger partial charge in [0.1, 0.15) is 5.76 Å². The summed E-state index contributed by atoms with van der Waals surface area (Å²) < 4.78 is 17.4. The second-order valence-electron chi connectivity index (χ2n) is 8.89. The lowest BCUT2D eigenvalue weighted by atomic mass is 9.54. The van der Waals surface area contributed by atoms with Gasteiger partial charge in [-0.1, -0.05) is 12.8 Å². The summed E-state index contributed by atoms with van der Waals surface area (Å²) in [7, 11) is 0. The summed E-state index contributed by atoms with van der Waals surface area (Å²) in [5.74, 6) is 2.58. The van der Waals surface area contributed by atoms with Crippen molar-refractivity contribution in [1.29, 1.82) is 0 Å². The van der Waals surface area contributed by atoms with Crippen LogP contribution < -0.4 is 10.6 Å². The molecule has 0 bridgehead atoms. The van der Waals surface area contributed by atoms with Gasteiger partial charge in [-0.25, -0.2) is 0 Å². The minimum atomic E-state index is 0.271. The number of ether oxygens (including phenoxy) is 2. The molecule has 2 saturated carbocycles. The smallest absolute Gasteiger partial charge is 0.191 e. The second-order valence-corrected chi connectivity index (χ2v) is 8.89. The molecule has 6 nitrogen and oxygen atoms in total. The minimum absolute atomic E-state index is 0.271. The lowest BCUT2D eigenvalue weighted by Gasteiger charge is -2.57. The van der Waals surface area contributed by atoms with Crippen LogP contribution >= 0.6 is 0 Å². The molecule has 28 heavy (non-hydrogen) atoms. The minimum Gasteiger partial charge on any atom is -0.469 e. The summed E-state index contributed by atoms with van der Waals surface area (Å²) in [6.07, 6.45) is 12.0. The zero-order valence-corrected chi connectivity index (χ0v) is 16.7. The van der Waals surface area contributed by atoms with Crippen molar-refractivity contribution in [2.45, 2.75) is 69.6 Å². The van der Waals surface area contributed by atoms with Crippen LogP contribution in [0.5, 0.6) is 0 Å². The lowest BCUT2D eigenvalue weighted by molar-refractivity contribution is -0.125. The molecule has 6 heteroatoms. The van der Waals surface area contributed by atoms with Crippen LogP contribution in [-0.4, -0.2) is 50.5 Å². The van der Waals surface area contributed by atoms with E-state index in [2.05, 4.69) is 10.6 Å². The van der Waals surface area contributed by atoms with Crippen LogP contribution in [0.3, 0.4) is 0 Å². The van der Waals surface area contributed by atoms with E-state index >= 15 is 0 Å². The largest absolute Gasteiger partial charge is 0.469 e. The fraction of sp³-hybridized carbons (Fsp3) is 0.773. The predicted octanol–water partition coefficient (Wildman–Crippen LogP) is 2.88. The first-order valence-electron chi connectivity index (χ1n) is 11.2. The van der Waals surface area contributed by atoms with Gasteiger partial charge in [0.25, 0.3) is 0 Å². The van der Waals surface area contributed by atoms with Crippen molar-refractivity contribution >= 4 is 5.96 Å². The molecule has 2 aliphatic carbocycles. The van der Waals surface area contributed by atoms with E-state index in [1.165, 1.54) is 32.1 Å². The van der Waals surface area contributed by atoms with Crippen molar-refractivity contribution in [2.75, 3.05) is 26.3 Å². The number of rotatable bonds is 6. The van der Waals surface area contributed by atoms with Gasteiger partial charge in [0, 0.05) is 43.6 Å². The molecule has 1 aromatic heterocycles. The second kappa shape index (κ2) is 8.07. The summed E-state index contributed by atoms with van der Waals surface area (Å²) in [5.41, 5.74) is 0.328. The molecular formula is C22H33N3O3. The molecule has 4 aliphatic rings. The Kier molecular flexibility index (Phi) is 5.33. The van der Waals surface area contributed by atoms with Crippen molar-refractivity contribution in [3.63, 3.8) is 0 Å². The Hall–Kier alpha value is -1.53. The highest BCUT2D eigenvalue weighted by molar-refractivity contribution is 5.80. The average Bonchev–Trinajstić information content (AvgIpc) is 3.49. The molecule has 0 radical (unpaired) electrons.